The normalized spacial score (nSPS) is 11.8. The van der Waals surface area contributed by atoms with Crippen molar-refractivity contribution in [1.29, 1.82) is 0 Å². The second-order valence-corrected chi connectivity index (χ2v) is 5.15. The summed E-state index contributed by atoms with van der Waals surface area (Å²) in [6.07, 6.45) is 1.75. The Morgan fingerprint density at radius 2 is 1.81 bits per heavy atom. The Bertz CT molecular complexity index is 480. The van der Waals surface area contributed by atoms with E-state index in [9.17, 15) is 0 Å². The lowest BCUT2D eigenvalue weighted by Crippen LogP contribution is -2.28. The maximum absolute atomic E-state index is 6.02. The molecule has 1 aromatic carbocycles. The summed E-state index contributed by atoms with van der Waals surface area (Å²) in [5.74, 6) is 0. The van der Waals surface area contributed by atoms with Crippen LogP contribution in [0.2, 0.25) is 0 Å². The summed E-state index contributed by atoms with van der Waals surface area (Å²) in [5, 5.41) is 4.22. The van der Waals surface area contributed by atoms with Crippen LogP contribution in [0.25, 0.3) is 5.69 Å². The first-order chi connectivity index (χ1) is 7.48. The molecule has 2 aromatic rings. The Morgan fingerprint density at radius 3 is 2.25 bits per heavy atom. The summed E-state index contributed by atoms with van der Waals surface area (Å²) in [5.41, 5.74) is 7.85. The van der Waals surface area contributed by atoms with Gasteiger partial charge in [-0.1, -0.05) is 12.1 Å². The summed E-state index contributed by atoms with van der Waals surface area (Å²) in [4.78, 5) is 0. The van der Waals surface area contributed by atoms with E-state index in [2.05, 4.69) is 21.0 Å². The number of aromatic nitrogens is 2. The van der Waals surface area contributed by atoms with Gasteiger partial charge in [0.1, 0.15) is 4.60 Å². The third-order valence-corrected chi connectivity index (χ3v) is 3.05. The summed E-state index contributed by atoms with van der Waals surface area (Å²) in [6.45, 7) is 3.98. The third kappa shape index (κ3) is 2.18. The highest BCUT2D eigenvalue weighted by Gasteiger charge is 2.13. The summed E-state index contributed by atoms with van der Waals surface area (Å²) in [6, 6.07) is 10.00. The van der Waals surface area contributed by atoms with Gasteiger partial charge in [0.05, 0.1) is 11.9 Å². The van der Waals surface area contributed by atoms with Crippen molar-refractivity contribution in [3.8, 4) is 5.69 Å². The largest absolute Gasteiger partial charge is 0.322 e. The molecule has 0 atom stereocenters. The molecule has 16 heavy (non-hydrogen) atoms. The van der Waals surface area contributed by atoms with Crippen molar-refractivity contribution < 1.29 is 0 Å². The van der Waals surface area contributed by atoms with Crippen LogP contribution in [0.5, 0.6) is 0 Å². The fourth-order valence-electron chi connectivity index (χ4n) is 1.51. The second kappa shape index (κ2) is 4.03. The van der Waals surface area contributed by atoms with Gasteiger partial charge in [-0.05, 0) is 53.5 Å². The van der Waals surface area contributed by atoms with Crippen LogP contribution < -0.4 is 5.73 Å². The minimum Gasteiger partial charge on any atom is -0.322 e. The van der Waals surface area contributed by atoms with Crippen LogP contribution in [0.3, 0.4) is 0 Å². The van der Waals surface area contributed by atoms with Gasteiger partial charge < -0.3 is 5.73 Å². The van der Waals surface area contributed by atoms with E-state index in [-0.39, 0.29) is 5.54 Å². The molecule has 0 aliphatic carbocycles. The molecule has 84 valence electrons. The van der Waals surface area contributed by atoms with E-state index >= 15 is 0 Å². The number of halogens is 1. The van der Waals surface area contributed by atoms with Crippen molar-refractivity contribution in [1.82, 2.24) is 9.78 Å². The zero-order chi connectivity index (χ0) is 11.8. The molecule has 0 saturated heterocycles. The van der Waals surface area contributed by atoms with Crippen molar-refractivity contribution in [2.24, 2.45) is 5.73 Å². The first kappa shape index (κ1) is 11.4. The van der Waals surface area contributed by atoms with E-state index in [1.54, 1.807) is 6.20 Å². The molecule has 0 aliphatic heterocycles. The van der Waals surface area contributed by atoms with E-state index in [1.165, 1.54) is 0 Å². The lowest BCUT2D eigenvalue weighted by Gasteiger charge is -2.19. The average Bonchev–Trinajstić information content (AvgIpc) is 2.63. The molecule has 0 saturated carbocycles. The molecule has 0 radical (unpaired) electrons. The lowest BCUT2D eigenvalue weighted by atomic mass is 9.96. The summed E-state index contributed by atoms with van der Waals surface area (Å²) < 4.78 is 2.76. The summed E-state index contributed by atoms with van der Waals surface area (Å²) >= 11 is 3.44. The molecule has 4 heteroatoms. The Kier molecular flexibility index (Phi) is 2.86. The predicted molar refractivity (Wildman–Crippen MR) is 68.5 cm³/mol. The minimum absolute atomic E-state index is 0.306. The van der Waals surface area contributed by atoms with E-state index in [4.69, 9.17) is 5.73 Å². The second-order valence-electron chi connectivity index (χ2n) is 4.33. The van der Waals surface area contributed by atoms with E-state index < -0.39 is 0 Å². The number of nitrogens with zero attached hydrogens (tertiary/aromatic N) is 2. The van der Waals surface area contributed by atoms with Gasteiger partial charge in [-0.25, -0.2) is 4.68 Å². The van der Waals surface area contributed by atoms with E-state index in [0.29, 0.717) is 0 Å². The Balaban J connectivity index is 2.37. The number of nitrogens with two attached hydrogens (primary N) is 1. The number of hydrogen-bond donors (Lipinski definition) is 1. The van der Waals surface area contributed by atoms with Gasteiger partial charge in [0, 0.05) is 5.54 Å². The molecule has 2 N–H and O–H groups in total. The van der Waals surface area contributed by atoms with Gasteiger partial charge in [0.2, 0.25) is 0 Å². The molecule has 0 fully saturated rings. The zero-order valence-electron chi connectivity index (χ0n) is 9.31. The fraction of sp³-hybridized carbons (Fsp3) is 0.250. The molecular formula is C12H14BrN3. The molecule has 3 nitrogen and oxygen atoms in total. The SMILES string of the molecule is CC(C)(N)c1ccc(-n2nccc2Br)cc1. The molecule has 0 bridgehead atoms. The van der Waals surface area contributed by atoms with Crippen LogP contribution in [-0.2, 0) is 5.54 Å². The highest BCUT2D eigenvalue weighted by Crippen LogP contribution is 2.20. The molecule has 0 amide bonds. The quantitative estimate of drug-likeness (QED) is 0.919. The number of benzene rings is 1. The smallest absolute Gasteiger partial charge is 0.109 e. The molecule has 1 heterocycles. The van der Waals surface area contributed by atoms with Crippen molar-refractivity contribution >= 4 is 15.9 Å². The molecule has 0 spiro atoms. The van der Waals surface area contributed by atoms with Crippen LogP contribution in [0.15, 0.2) is 41.1 Å². The van der Waals surface area contributed by atoms with E-state index in [1.807, 2.05) is 48.9 Å². The van der Waals surface area contributed by atoms with Crippen LogP contribution >= 0.6 is 15.9 Å². The number of hydrogen-bond acceptors (Lipinski definition) is 2. The van der Waals surface area contributed by atoms with Gasteiger partial charge in [0.25, 0.3) is 0 Å². The zero-order valence-corrected chi connectivity index (χ0v) is 10.9. The maximum atomic E-state index is 6.02. The van der Waals surface area contributed by atoms with Crippen LogP contribution in [0, 0.1) is 0 Å². The Labute approximate surface area is 103 Å². The van der Waals surface area contributed by atoms with E-state index in [0.717, 1.165) is 15.9 Å². The van der Waals surface area contributed by atoms with Gasteiger partial charge >= 0.3 is 0 Å². The van der Waals surface area contributed by atoms with Gasteiger partial charge in [0.15, 0.2) is 0 Å². The predicted octanol–water partition coefficient (Wildman–Crippen LogP) is 2.83. The average molecular weight is 280 g/mol. The van der Waals surface area contributed by atoms with Gasteiger partial charge in [-0.15, -0.1) is 0 Å². The fourth-order valence-corrected chi connectivity index (χ4v) is 1.92. The van der Waals surface area contributed by atoms with Crippen molar-refractivity contribution in [2.75, 3.05) is 0 Å². The topological polar surface area (TPSA) is 43.8 Å². The van der Waals surface area contributed by atoms with Crippen LogP contribution in [0.4, 0.5) is 0 Å². The first-order valence-corrected chi connectivity index (χ1v) is 5.87. The molecular weight excluding hydrogens is 266 g/mol. The maximum Gasteiger partial charge on any atom is 0.109 e. The van der Waals surface area contributed by atoms with Crippen molar-refractivity contribution in [3.05, 3.63) is 46.7 Å². The van der Waals surface area contributed by atoms with Crippen LogP contribution in [0.1, 0.15) is 19.4 Å². The monoisotopic (exact) mass is 279 g/mol. The van der Waals surface area contributed by atoms with Crippen molar-refractivity contribution in [3.63, 3.8) is 0 Å². The Morgan fingerprint density at radius 1 is 1.19 bits per heavy atom. The van der Waals surface area contributed by atoms with Gasteiger partial charge in [-0.2, -0.15) is 5.10 Å². The Hall–Kier alpha value is -1.13. The molecule has 0 aliphatic rings. The molecule has 0 unspecified atom stereocenters. The third-order valence-electron chi connectivity index (χ3n) is 2.45. The van der Waals surface area contributed by atoms with Crippen LogP contribution in [-0.4, -0.2) is 9.78 Å². The first-order valence-electron chi connectivity index (χ1n) is 5.08. The minimum atomic E-state index is -0.306. The van der Waals surface area contributed by atoms with Crippen molar-refractivity contribution in [2.45, 2.75) is 19.4 Å². The lowest BCUT2D eigenvalue weighted by molar-refractivity contribution is 0.554. The summed E-state index contributed by atoms with van der Waals surface area (Å²) in [7, 11) is 0. The van der Waals surface area contributed by atoms with Gasteiger partial charge in [-0.3, -0.25) is 0 Å². The highest BCUT2D eigenvalue weighted by atomic mass is 79.9. The molecule has 1 aromatic heterocycles. The highest BCUT2D eigenvalue weighted by molar-refractivity contribution is 9.10. The standard InChI is InChI=1S/C12H14BrN3/c1-12(2,14)9-3-5-10(6-4-9)16-11(13)7-8-15-16/h3-8H,14H2,1-2H3. The molecule has 2 rings (SSSR count). The number of rotatable bonds is 2.